The number of rotatable bonds is 4. The SMILES string of the molecule is CC(C)(C)OC(=O)NCCCn1c(=O)c2cccc(F)c2n2c(=S)[nH]nc12. The van der Waals surface area contributed by atoms with E-state index in [1.54, 1.807) is 26.8 Å². The van der Waals surface area contributed by atoms with Crippen molar-refractivity contribution in [2.45, 2.75) is 39.3 Å². The van der Waals surface area contributed by atoms with Crippen LogP contribution in [0, 0.1) is 10.6 Å². The second-order valence-corrected chi connectivity index (χ2v) is 7.43. The van der Waals surface area contributed by atoms with Crippen molar-refractivity contribution in [1.82, 2.24) is 24.5 Å². The van der Waals surface area contributed by atoms with E-state index in [4.69, 9.17) is 17.0 Å². The molecule has 2 N–H and O–H groups in total. The number of benzene rings is 1. The number of aryl methyl sites for hydroxylation is 1. The summed E-state index contributed by atoms with van der Waals surface area (Å²) < 4.78 is 22.5. The minimum atomic E-state index is -0.582. The number of aromatic amines is 1. The Morgan fingerprint density at radius 2 is 2.15 bits per heavy atom. The van der Waals surface area contributed by atoms with Gasteiger partial charge in [-0.25, -0.2) is 14.3 Å². The summed E-state index contributed by atoms with van der Waals surface area (Å²) in [6.45, 7) is 5.90. The first kappa shape index (κ1) is 19.0. The molecule has 0 aliphatic rings. The lowest BCUT2D eigenvalue weighted by Gasteiger charge is -2.19. The lowest BCUT2D eigenvalue weighted by Crippen LogP contribution is -2.33. The molecule has 2 aromatic heterocycles. The molecule has 1 aromatic carbocycles. The van der Waals surface area contributed by atoms with Gasteiger partial charge in [-0.05, 0) is 51.5 Å². The van der Waals surface area contributed by atoms with Crippen LogP contribution in [0.4, 0.5) is 9.18 Å². The van der Waals surface area contributed by atoms with Crippen molar-refractivity contribution >= 4 is 35.0 Å². The number of alkyl carbamates (subject to hydrolysis) is 1. The Balaban J connectivity index is 1.87. The number of carbonyl (C=O) groups excluding carboxylic acids is 1. The zero-order valence-corrected chi connectivity index (χ0v) is 16.0. The molecule has 3 aromatic rings. The van der Waals surface area contributed by atoms with E-state index in [0.717, 1.165) is 0 Å². The van der Waals surface area contributed by atoms with Crippen LogP contribution < -0.4 is 10.9 Å². The minimum absolute atomic E-state index is 0.0966. The molecular formula is C17H20FN5O3S. The molecule has 1 amide bonds. The number of hydrogen-bond acceptors (Lipinski definition) is 5. The molecule has 0 spiro atoms. The summed E-state index contributed by atoms with van der Waals surface area (Å²) in [4.78, 5) is 24.5. The number of halogens is 1. The van der Waals surface area contributed by atoms with Gasteiger partial charge in [-0.3, -0.25) is 13.8 Å². The van der Waals surface area contributed by atoms with E-state index in [1.165, 1.54) is 21.1 Å². The van der Waals surface area contributed by atoms with Crippen LogP contribution >= 0.6 is 12.2 Å². The van der Waals surface area contributed by atoms with E-state index in [1.807, 2.05) is 0 Å². The number of fused-ring (bicyclic) bond motifs is 3. The Bertz CT molecular complexity index is 1130. The Kier molecular flexibility index (Phi) is 5.01. The molecular weight excluding hydrogens is 373 g/mol. The van der Waals surface area contributed by atoms with Crippen molar-refractivity contribution in [3.8, 4) is 0 Å². The fourth-order valence-electron chi connectivity index (χ4n) is 2.77. The summed E-state index contributed by atoms with van der Waals surface area (Å²) in [5, 5.41) is 9.51. The molecule has 0 aliphatic heterocycles. The fraction of sp³-hybridized carbons (Fsp3) is 0.412. The summed E-state index contributed by atoms with van der Waals surface area (Å²) in [7, 11) is 0. The standard InChI is InChI=1S/C17H20FN5O3S/c1-17(2,3)26-16(25)19-8-5-9-22-13(24)10-6-4-7-11(18)12(10)23-14(22)20-21-15(23)27/h4,6-7H,5,8-9H2,1-3H3,(H,19,25)(H,21,27). The number of hydrogen-bond donors (Lipinski definition) is 2. The van der Waals surface area contributed by atoms with Gasteiger partial charge in [0.1, 0.15) is 11.4 Å². The predicted octanol–water partition coefficient (Wildman–Crippen LogP) is 2.76. The molecule has 8 nitrogen and oxygen atoms in total. The van der Waals surface area contributed by atoms with Crippen LogP contribution in [0.3, 0.4) is 0 Å². The first-order valence-electron chi connectivity index (χ1n) is 8.44. The number of ether oxygens (including phenoxy) is 1. The number of aromatic nitrogens is 4. The molecule has 0 unspecified atom stereocenters. The maximum atomic E-state index is 14.3. The van der Waals surface area contributed by atoms with Gasteiger partial charge in [0, 0.05) is 13.1 Å². The average Bonchev–Trinajstić information content (AvgIpc) is 2.94. The number of carbonyl (C=O) groups is 1. The minimum Gasteiger partial charge on any atom is -0.444 e. The van der Waals surface area contributed by atoms with Gasteiger partial charge in [0.2, 0.25) is 10.5 Å². The van der Waals surface area contributed by atoms with Crippen LogP contribution in [-0.2, 0) is 11.3 Å². The second kappa shape index (κ2) is 7.10. The van der Waals surface area contributed by atoms with Gasteiger partial charge in [-0.1, -0.05) is 6.07 Å². The maximum Gasteiger partial charge on any atom is 0.407 e. The van der Waals surface area contributed by atoms with Crippen molar-refractivity contribution in [2.75, 3.05) is 6.54 Å². The third kappa shape index (κ3) is 3.85. The van der Waals surface area contributed by atoms with Crippen LogP contribution in [0.5, 0.6) is 0 Å². The highest BCUT2D eigenvalue weighted by Crippen LogP contribution is 2.17. The topological polar surface area (TPSA) is 93.4 Å². The third-order valence-corrected chi connectivity index (χ3v) is 4.08. The number of nitrogens with zero attached hydrogens (tertiary/aromatic N) is 3. The third-order valence-electron chi connectivity index (χ3n) is 3.81. The highest BCUT2D eigenvalue weighted by molar-refractivity contribution is 7.71. The molecule has 0 saturated carbocycles. The monoisotopic (exact) mass is 393 g/mol. The summed E-state index contributed by atoms with van der Waals surface area (Å²) in [5.41, 5.74) is -0.858. The Morgan fingerprint density at radius 3 is 2.85 bits per heavy atom. The van der Waals surface area contributed by atoms with Crippen LogP contribution in [-0.4, -0.2) is 37.4 Å². The molecule has 27 heavy (non-hydrogen) atoms. The zero-order valence-electron chi connectivity index (χ0n) is 15.2. The number of H-pyrrole nitrogens is 1. The van der Waals surface area contributed by atoms with E-state index >= 15 is 0 Å². The van der Waals surface area contributed by atoms with E-state index in [2.05, 4.69) is 15.5 Å². The highest BCUT2D eigenvalue weighted by Gasteiger charge is 2.17. The molecule has 0 fully saturated rings. The molecule has 144 valence electrons. The zero-order chi connectivity index (χ0) is 19.8. The number of para-hydroxylation sites is 1. The number of nitrogens with one attached hydrogen (secondary N) is 2. The molecule has 0 bridgehead atoms. The van der Waals surface area contributed by atoms with E-state index in [0.29, 0.717) is 13.0 Å². The summed E-state index contributed by atoms with van der Waals surface area (Å²) in [6, 6.07) is 4.29. The van der Waals surface area contributed by atoms with Crippen LogP contribution in [0.15, 0.2) is 23.0 Å². The molecule has 0 radical (unpaired) electrons. The Morgan fingerprint density at radius 1 is 1.41 bits per heavy atom. The predicted molar refractivity (Wildman–Crippen MR) is 101 cm³/mol. The lowest BCUT2D eigenvalue weighted by atomic mass is 10.2. The van der Waals surface area contributed by atoms with Crippen LogP contribution in [0.1, 0.15) is 27.2 Å². The lowest BCUT2D eigenvalue weighted by molar-refractivity contribution is 0.0526. The largest absolute Gasteiger partial charge is 0.444 e. The molecule has 2 heterocycles. The second-order valence-electron chi connectivity index (χ2n) is 7.04. The van der Waals surface area contributed by atoms with Crippen molar-refractivity contribution in [3.05, 3.63) is 39.1 Å². The Hall–Kier alpha value is -2.75. The summed E-state index contributed by atoms with van der Waals surface area (Å²) >= 11 is 5.19. The van der Waals surface area contributed by atoms with Crippen molar-refractivity contribution in [1.29, 1.82) is 0 Å². The first-order chi connectivity index (χ1) is 12.7. The average molecular weight is 393 g/mol. The van der Waals surface area contributed by atoms with Gasteiger partial charge >= 0.3 is 6.09 Å². The Labute approximate surface area is 158 Å². The first-order valence-corrected chi connectivity index (χ1v) is 8.85. The van der Waals surface area contributed by atoms with Crippen molar-refractivity contribution in [3.63, 3.8) is 0 Å². The molecule has 0 aliphatic carbocycles. The van der Waals surface area contributed by atoms with Gasteiger partial charge < -0.3 is 10.1 Å². The molecule has 0 atom stereocenters. The quantitative estimate of drug-likeness (QED) is 0.525. The summed E-state index contributed by atoms with van der Waals surface area (Å²) in [5.74, 6) is -0.328. The van der Waals surface area contributed by atoms with Gasteiger partial charge in [0.25, 0.3) is 5.56 Å². The normalized spacial score (nSPS) is 11.9. The highest BCUT2D eigenvalue weighted by atomic mass is 32.1. The van der Waals surface area contributed by atoms with Crippen molar-refractivity contribution < 1.29 is 13.9 Å². The van der Waals surface area contributed by atoms with Crippen molar-refractivity contribution in [2.24, 2.45) is 0 Å². The van der Waals surface area contributed by atoms with Gasteiger partial charge in [-0.15, -0.1) is 5.10 Å². The smallest absolute Gasteiger partial charge is 0.407 e. The van der Waals surface area contributed by atoms with E-state index < -0.39 is 17.5 Å². The van der Waals surface area contributed by atoms with E-state index in [9.17, 15) is 14.0 Å². The number of amides is 1. The summed E-state index contributed by atoms with van der Waals surface area (Å²) in [6.07, 6.45) is -0.0718. The fourth-order valence-corrected chi connectivity index (χ4v) is 2.98. The molecule has 0 saturated heterocycles. The van der Waals surface area contributed by atoms with Gasteiger partial charge in [-0.2, -0.15) is 0 Å². The molecule has 3 rings (SSSR count). The van der Waals surface area contributed by atoms with Gasteiger partial charge in [0.05, 0.1) is 10.9 Å². The van der Waals surface area contributed by atoms with Gasteiger partial charge in [0.15, 0.2) is 0 Å². The molecule has 10 heteroatoms. The van der Waals surface area contributed by atoms with Crippen LogP contribution in [0.25, 0.3) is 16.7 Å². The van der Waals surface area contributed by atoms with E-state index in [-0.39, 0.29) is 33.6 Å². The maximum absolute atomic E-state index is 14.3. The van der Waals surface area contributed by atoms with Crippen LogP contribution in [0.2, 0.25) is 0 Å².